The fourth-order valence-electron chi connectivity index (χ4n) is 3.75. The summed E-state index contributed by atoms with van der Waals surface area (Å²) < 4.78 is 11.8. The Morgan fingerprint density at radius 2 is 1.64 bits per heavy atom. The van der Waals surface area contributed by atoms with Gasteiger partial charge in [-0.05, 0) is 47.2 Å². The molecule has 5 rings (SSSR count). The highest BCUT2D eigenvalue weighted by Crippen LogP contribution is 2.36. The van der Waals surface area contributed by atoms with Crippen LogP contribution in [0.1, 0.15) is 25.6 Å². The molecule has 36 heavy (non-hydrogen) atoms. The highest BCUT2D eigenvalue weighted by molar-refractivity contribution is 7.21. The summed E-state index contributed by atoms with van der Waals surface area (Å²) in [7, 11) is 1.56. The minimum atomic E-state index is -0.562. The van der Waals surface area contributed by atoms with Crippen LogP contribution in [0, 0.1) is 0 Å². The molecule has 8 heteroatoms. The van der Waals surface area contributed by atoms with Gasteiger partial charge in [0, 0.05) is 21.2 Å². The average Bonchev–Trinajstić information content (AvgIpc) is 3.26. The summed E-state index contributed by atoms with van der Waals surface area (Å²) in [6.45, 7) is 0. The number of hydrogen-bond donors (Lipinski definition) is 1. The van der Waals surface area contributed by atoms with Crippen molar-refractivity contribution in [1.82, 2.24) is 5.43 Å². The SMILES string of the molecule is COc1ccc(C(=O)N/N=C\c2c(OC(=O)c3sc4ccccc4c3Cl)ccc3ccccc23)cc1. The first-order valence-corrected chi connectivity index (χ1v) is 12.1. The van der Waals surface area contributed by atoms with Crippen LogP contribution >= 0.6 is 22.9 Å². The largest absolute Gasteiger partial charge is 0.497 e. The Morgan fingerprint density at radius 1 is 0.917 bits per heavy atom. The van der Waals surface area contributed by atoms with Gasteiger partial charge in [0.25, 0.3) is 5.91 Å². The first kappa shape index (κ1) is 23.5. The summed E-state index contributed by atoms with van der Waals surface area (Å²) in [5.41, 5.74) is 3.50. The highest BCUT2D eigenvalue weighted by atomic mass is 35.5. The van der Waals surface area contributed by atoms with Crippen molar-refractivity contribution in [3.63, 3.8) is 0 Å². The molecule has 0 aliphatic rings. The predicted octanol–water partition coefficient (Wildman–Crippen LogP) is 6.70. The molecule has 0 aliphatic heterocycles. The van der Waals surface area contributed by atoms with E-state index in [0.29, 0.717) is 32.5 Å². The molecule has 5 aromatic rings. The molecule has 6 nitrogen and oxygen atoms in total. The van der Waals surface area contributed by atoms with Crippen molar-refractivity contribution in [2.24, 2.45) is 5.10 Å². The third-order valence-corrected chi connectivity index (χ3v) is 7.22. The summed E-state index contributed by atoms with van der Waals surface area (Å²) in [6.07, 6.45) is 1.47. The van der Waals surface area contributed by atoms with Crippen molar-refractivity contribution in [2.45, 2.75) is 0 Å². The first-order chi connectivity index (χ1) is 17.5. The number of amides is 1. The van der Waals surface area contributed by atoms with E-state index in [1.54, 1.807) is 37.4 Å². The zero-order valence-electron chi connectivity index (χ0n) is 19.0. The van der Waals surface area contributed by atoms with E-state index in [4.69, 9.17) is 21.1 Å². The monoisotopic (exact) mass is 514 g/mol. The molecule has 0 unspecified atom stereocenters. The van der Waals surface area contributed by atoms with E-state index in [0.717, 1.165) is 20.9 Å². The van der Waals surface area contributed by atoms with E-state index in [-0.39, 0.29) is 5.91 Å². The minimum Gasteiger partial charge on any atom is -0.497 e. The van der Waals surface area contributed by atoms with Gasteiger partial charge in [-0.15, -0.1) is 11.3 Å². The third kappa shape index (κ3) is 4.66. The van der Waals surface area contributed by atoms with Crippen LogP contribution in [-0.4, -0.2) is 25.2 Å². The van der Waals surface area contributed by atoms with Crippen molar-refractivity contribution in [1.29, 1.82) is 0 Å². The summed E-state index contributed by atoms with van der Waals surface area (Å²) in [5, 5.41) is 7.04. The number of thiophene rings is 1. The van der Waals surface area contributed by atoms with Crippen LogP contribution in [0.3, 0.4) is 0 Å². The van der Waals surface area contributed by atoms with Crippen LogP contribution < -0.4 is 14.9 Å². The second-order valence-electron chi connectivity index (χ2n) is 7.76. The normalized spacial score (nSPS) is 11.2. The summed E-state index contributed by atoms with van der Waals surface area (Å²) >= 11 is 7.75. The van der Waals surface area contributed by atoms with Crippen molar-refractivity contribution in [2.75, 3.05) is 7.11 Å². The summed E-state index contributed by atoms with van der Waals surface area (Å²) in [4.78, 5) is 25.9. The van der Waals surface area contributed by atoms with Gasteiger partial charge in [0.05, 0.1) is 18.3 Å². The number of nitrogens with zero attached hydrogens (tertiary/aromatic N) is 1. The van der Waals surface area contributed by atoms with Crippen LogP contribution in [0.4, 0.5) is 0 Å². The lowest BCUT2D eigenvalue weighted by Gasteiger charge is -2.10. The van der Waals surface area contributed by atoms with E-state index in [9.17, 15) is 9.59 Å². The number of rotatable bonds is 6. The molecular formula is C28H19ClN2O4S. The minimum absolute atomic E-state index is 0.301. The number of fused-ring (bicyclic) bond motifs is 2. The van der Waals surface area contributed by atoms with Crippen molar-refractivity contribution in [3.05, 3.63) is 106 Å². The first-order valence-electron chi connectivity index (χ1n) is 10.9. The van der Waals surface area contributed by atoms with Gasteiger partial charge < -0.3 is 9.47 Å². The van der Waals surface area contributed by atoms with Gasteiger partial charge in [-0.1, -0.05) is 60.1 Å². The van der Waals surface area contributed by atoms with Gasteiger partial charge in [0.15, 0.2) is 0 Å². The fourth-order valence-corrected chi connectivity index (χ4v) is 5.14. The van der Waals surface area contributed by atoms with Crippen molar-refractivity contribution < 1.29 is 19.1 Å². The number of nitrogens with one attached hydrogen (secondary N) is 1. The molecule has 4 aromatic carbocycles. The standard InChI is InChI=1S/C28H19ClN2O4S/c1-34-19-13-10-18(11-14-19)27(32)31-30-16-22-20-7-3-2-6-17(20)12-15-23(22)35-28(33)26-25(29)21-8-4-5-9-24(21)36-26/h2-16H,1H3,(H,31,32)/b30-16-. The Balaban J connectivity index is 1.44. The van der Waals surface area contributed by atoms with Crippen LogP contribution in [0.2, 0.25) is 5.02 Å². The van der Waals surface area contributed by atoms with Gasteiger partial charge in [-0.25, -0.2) is 10.2 Å². The maximum absolute atomic E-state index is 13.1. The molecule has 0 saturated carbocycles. The zero-order valence-corrected chi connectivity index (χ0v) is 20.6. The fraction of sp³-hybridized carbons (Fsp3) is 0.0357. The smallest absolute Gasteiger partial charge is 0.355 e. The Hall–Kier alpha value is -4.20. The molecule has 0 spiro atoms. The third-order valence-electron chi connectivity index (χ3n) is 5.57. The summed E-state index contributed by atoms with van der Waals surface area (Å²) in [5.74, 6) is 0.00353. The van der Waals surface area contributed by atoms with Gasteiger partial charge in [-0.3, -0.25) is 4.79 Å². The molecule has 0 bridgehead atoms. The van der Waals surface area contributed by atoms with Crippen LogP contribution in [0.15, 0.2) is 90.0 Å². The molecule has 0 fully saturated rings. The second-order valence-corrected chi connectivity index (χ2v) is 9.19. The number of methoxy groups -OCH3 is 1. The van der Waals surface area contributed by atoms with E-state index in [1.807, 2.05) is 54.6 Å². The number of carbonyl (C=O) groups excluding carboxylic acids is 2. The van der Waals surface area contributed by atoms with Gasteiger partial charge in [0.2, 0.25) is 0 Å². The maximum atomic E-state index is 13.1. The highest BCUT2D eigenvalue weighted by Gasteiger charge is 2.20. The van der Waals surface area contributed by atoms with Crippen molar-refractivity contribution >= 4 is 61.9 Å². The maximum Gasteiger partial charge on any atom is 0.355 e. The number of esters is 1. The molecule has 1 heterocycles. The van der Waals surface area contributed by atoms with Crippen LogP contribution in [0.25, 0.3) is 20.9 Å². The molecular weight excluding hydrogens is 496 g/mol. The summed E-state index contributed by atoms with van der Waals surface area (Å²) in [6, 6.07) is 25.4. The number of benzene rings is 4. The molecule has 178 valence electrons. The van der Waals surface area contributed by atoms with E-state index in [1.165, 1.54) is 17.6 Å². The van der Waals surface area contributed by atoms with Crippen molar-refractivity contribution in [3.8, 4) is 11.5 Å². The van der Waals surface area contributed by atoms with Crippen LogP contribution in [0.5, 0.6) is 11.5 Å². The molecule has 1 N–H and O–H groups in total. The van der Waals surface area contributed by atoms with E-state index < -0.39 is 5.97 Å². The lowest BCUT2D eigenvalue weighted by Crippen LogP contribution is -2.17. The predicted molar refractivity (Wildman–Crippen MR) is 144 cm³/mol. The molecule has 1 aromatic heterocycles. The molecule has 0 aliphatic carbocycles. The quantitative estimate of drug-likeness (QED) is 0.118. The molecule has 1 amide bonds. The van der Waals surface area contributed by atoms with E-state index >= 15 is 0 Å². The topological polar surface area (TPSA) is 77.0 Å². The van der Waals surface area contributed by atoms with Crippen LogP contribution in [-0.2, 0) is 0 Å². The molecule has 0 saturated heterocycles. The molecule has 0 atom stereocenters. The second kappa shape index (κ2) is 10.2. The Morgan fingerprint density at radius 3 is 2.39 bits per heavy atom. The number of hydrogen-bond acceptors (Lipinski definition) is 6. The average molecular weight is 515 g/mol. The Labute approximate surface area is 215 Å². The number of carbonyl (C=O) groups is 2. The Bertz CT molecular complexity index is 1630. The van der Waals surface area contributed by atoms with E-state index in [2.05, 4.69) is 10.5 Å². The number of hydrazone groups is 1. The van der Waals surface area contributed by atoms with Gasteiger partial charge >= 0.3 is 5.97 Å². The number of halogens is 1. The number of ether oxygens (including phenoxy) is 2. The zero-order chi connectivity index (χ0) is 25.1. The van der Waals surface area contributed by atoms with Gasteiger partial charge in [0.1, 0.15) is 16.4 Å². The lowest BCUT2D eigenvalue weighted by atomic mass is 10.0. The van der Waals surface area contributed by atoms with Gasteiger partial charge in [-0.2, -0.15) is 5.10 Å². The lowest BCUT2D eigenvalue weighted by molar-refractivity contribution is 0.0739. The molecule has 0 radical (unpaired) electrons. The Kier molecular flexibility index (Phi) is 6.66.